The monoisotopic (exact) mass is 752 g/mol. The highest BCUT2D eigenvalue weighted by Crippen LogP contribution is 2.16. The van der Waals surface area contributed by atoms with E-state index in [0.29, 0.717) is 43.1 Å². The van der Waals surface area contributed by atoms with E-state index >= 15 is 0 Å². The Morgan fingerprint density at radius 2 is 0.945 bits per heavy atom. The van der Waals surface area contributed by atoms with Crippen LogP contribution in [0.15, 0.2) is 109 Å². The minimum absolute atomic E-state index is 0.00952. The predicted molar refractivity (Wildman–Crippen MR) is 218 cm³/mol. The van der Waals surface area contributed by atoms with Crippen molar-refractivity contribution in [3.05, 3.63) is 132 Å². The molecule has 0 aromatic heterocycles. The average Bonchev–Trinajstić information content (AvgIpc) is 3.19. The molecule has 3 aromatic rings. The van der Waals surface area contributed by atoms with E-state index < -0.39 is 0 Å². The highest BCUT2D eigenvalue weighted by molar-refractivity contribution is 6.06. The van der Waals surface area contributed by atoms with Gasteiger partial charge in [0.25, 0.3) is 0 Å². The number of allylic oxidation sites excluding steroid dienone is 1. The summed E-state index contributed by atoms with van der Waals surface area (Å²) in [7, 11) is 1.35. The first-order valence-corrected chi connectivity index (χ1v) is 18.6. The average molecular weight is 753 g/mol. The predicted octanol–water partition coefficient (Wildman–Crippen LogP) is 9.88. The molecule has 3 rings (SSSR count). The lowest BCUT2D eigenvalue weighted by Crippen LogP contribution is -2.06. The second-order valence-corrected chi connectivity index (χ2v) is 12.9. The zero-order valence-corrected chi connectivity index (χ0v) is 32.8. The van der Waals surface area contributed by atoms with Crippen molar-refractivity contribution in [3.63, 3.8) is 0 Å². The summed E-state index contributed by atoms with van der Waals surface area (Å²) in [4.78, 5) is 45.6. The Morgan fingerprint density at radius 3 is 1.35 bits per heavy atom. The molecule has 0 radical (unpaired) electrons. The number of unbranched alkanes of at least 4 members (excludes halogenated alkanes) is 6. The van der Waals surface area contributed by atoms with Gasteiger partial charge in [-0.3, -0.25) is 4.79 Å². The normalized spacial score (nSPS) is 10.6. The second kappa shape index (κ2) is 27.0. The van der Waals surface area contributed by atoms with Crippen LogP contribution in [0.5, 0.6) is 11.5 Å². The summed E-state index contributed by atoms with van der Waals surface area (Å²) in [6.07, 6.45) is 14.1. The van der Waals surface area contributed by atoms with E-state index in [0.717, 1.165) is 79.6 Å². The second-order valence-electron chi connectivity index (χ2n) is 12.9. The van der Waals surface area contributed by atoms with Crippen molar-refractivity contribution in [2.75, 3.05) is 33.5 Å². The lowest BCUT2D eigenvalue weighted by atomic mass is 10.1. The molecule has 0 aliphatic rings. The molecule has 0 atom stereocenters. The Balaban J connectivity index is 0.000000387. The smallest absolute Gasteiger partial charge is 0.333 e. The van der Waals surface area contributed by atoms with Crippen LogP contribution in [0.1, 0.15) is 92.3 Å². The van der Waals surface area contributed by atoms with Crippen LogP contribution in [0.3, 0.4) is 0 Å². The molecule has 0 heterocycles. The van der Waals surface area contributed by atoms with Crippen molar-refractivity contribution >= 4 is 35.8 Å². The summed E-state index contributed by atoms with van der Waals surface area (Å²) >= 11 is 0. The number of methoxy groups -OCH3 is 1. The Bertz CT molecular complexity index is 1700. The van der Waals surface area contributed by atoms with Gasteiger partial charge in [0.05, 0.1) is 33.5 Å². The molecule has 9 heteroatoms. The Kier molecular flexibility index (Phi) is 22.3. The van der Waals surface area contributed by atoms with Gasteiger partial charge in [0.1, 0.15) is 11.5 Å². The lowest BCUT2D eigenvalue weighted by molar-refractivity contribution is -0.139. The summed E-state index contributed by atoms with van der Waals surface area (Å²) < 4.78 is 26.1. The molecule has 0 spiro atoms. The van der Waals surface area contributed by atoms with E-state index in [1.807, 2.05) is 85.8 Å². The molecule has 294 valence electrons. The fourth-order valence-corrected chi connectivity index (χ4v) is 4.64. The van der Waals surface area contributed by atoms with Gasteiger partial charge in [-0.2, -0.15) is 0 Å². The molecule has 0 aliphatic carbocycles. The molecule has 0 unspecified atom stereocenters. The van der Waals surface area contributed by atoms with Gasteiger partial charge in [-0.25, -0.2) is 14.4 Å². The van der Waals surface area contributed by atoms with Crippen LogP contribution >= 0.6 is 0 Å². The zero-order valence-electron chi connectivity index (χ0n) is 32.8. The summed E-state index contributed by atoms with van der Waals surface area (Å²) in [6, 6.07) is 22.7. The third-order valence-corrected chi connectivity index (χ3v) is 7.91. The topological polar surface area (TPSA) is 114 Å². The molecular formula is C46H56O9. The number of benzene rings is 3. The molecule has 0 bridgehead atoms. The first-order valence-electron chi connectivity index (χ1n) is 18.6. The number of ether oxygens (including phenoxy) is 5. The lowest BCUT2D eigenvalue weighted by Gasteiger charge is -2.07. The molecule has 0 saturated heterocycles. The number of esters is 3. The number of carbonyl (C=O) groups excluding carboxylic acids is 4. The van der Waals surface area contributed by atoms with Crippen LogP contribution in [0.25, 0.3) is 12.2 Å². The van der Waals surface area contributed by atoms with Gasteiger partial charge >= 0.3 is 17.9 Å². The summed E-state index contributed by atoms with van der Waals surface area (Å²) in [5.74, 6) is 0.571. The first kappa shape index (κ1) is 45.5. The van der Waals surface area contributed by atoms with E-state index in [-0.39, 0.29) is 23.7 Å². The van der Waals surface area contributed by atoms with Gasteiger partial charge in [-0.1, -0.05) is 73.3 Å². The summed E-state index contributed by atoms with van der Waals surface area (Å²) in [6.45, 7) is 14.5. The van der Waals surface area contributed by atoms with Crippen molar-refractivity contribution in [1.29, 1.82) is 0 Å². The van der Waals surface area contributed by atoms with Crippen molar-refractivity contribution in [3.8, 4) is 11.5 Å². The van der Waals surface area contributed by atoms with Gasteiger partial charge in [0, 0.05) is 22.8 Å². The van der Waals surface area contributed by atoms with E-state index in [1.165, 1.54) is 13.2 Å². The first-order chi connectivity index (χ1) is 26.5. The minimum Gasteiger partial charge on any atom is -0.494 e. The van der Waals surface area contributed by atoms with Gasteiger partial charge < -0.3 is 23.7 Å². The fraction of sp³-hybridized carbons (Fsp3) is 0.348. The van der Waals surface area contributed by atoms with Crippen molar-refractivity contribution in [1.82, 2.24) is 0 Å². The Hall–Kier alpha value is -5.70. The molecule has 0 amide bonds. The molecule has 9 nitrogen and oxygen atoms in total. The fourth-order valence-electron chi connectivity index (χ4n) is 4.64. The van der Waals surface area contributed by atoms with Gasteiger partial charge in [0.2, 0.25) is 0 Å². The van der Waals surface area contributed by atoms with Crippen LogP contribution in [0.2, 0.25) is 0 Å². The van der Waals surface area contributed by atoms with Crippen molar-refractivity contribution < 1.29 is 42.9 Å². The van der Waals surface area contributed by atoms with Gasteiger partial charge in [-0.15, -0.1) is 0 Å². The van der Waals surface area contributed by atoms with Gasteiger partial charge in [-0.05, 0) is 120 Å². The van der Waals surface area contributed by atoms with E-state index in [4.69, 9.17) is 18.9 Å². The van der Waals surface area contributed by atoms with Crippen LogP contribution in [0.4, 0.5) is 0 Å². The third kappa shape index (κ3) is 21.0. The maximum Gasteiger partial charge on any atom is 0.333 e. The standard InChI is InChI=1S/C26H30O4.C20H26O5/c1-20(2)26(28)30-19-7-5-4-6-18-29-24-15-10-22(11-16-24)12-17-25(27)23-13-8-21(3)9-14-23;1-16(2)20(22)25-15-7-5-4-6-14-24-18-11-8-17(9-12-18)10-13-19(21)23-3/h8-17H,1,4-7,18-19H2,2-3H3;8-13H,1,4-7,14-15H2,2-3H3/b17-12+;13-10+. The number of hydrogen-bond donors (Lipinski definition) is 0. The van der Waals surface area contributed by atoms with Crippen molar-refractivity contribution in [2.45, 2.75) is 72.1 Å². The summed E-state index contributed by atoms with van der Waals surface area (Å²) in [5.41, 5.74) is 4.54. The largest absolute Gasteiger partial charge is 0.494 e. The number of aryl methyl sites for hydroxylation is 1. The van der Waals surface area contributed by atoms with E-state index in [9.17, 15) is 19.2 Å². The number of carbonyl (C=O) groups is 4. The highest BCUT2D eigenvalue weighted by atomic mass is 16.5. The van der Waals surface area contributed by atoms with Crippen LogP contribution < -0.4 is 9.47 Å². The quantitative estimate of drug-likeness (QED) is 0.0307. The van der Waals surface area contributed by atoms with E-state index in [2.05, 4.69) is 17.9 Å². The van der Waals surface area contributed by atoms with Crippen LogP contribution in [-0.2, 0) is 28.6 Å². The Morgan fingerprint density at radius 1 is 0.545 bits per heavy atom. The Labute approximate surface area is 326 Å². The molecule has 0 N–H and O–H groups in total. The number of rotatable bonds is 23. The minimum atomic E-state index is -0.380. The number of ketones is 1. The molecular weight excluding hydrogens is 696 g/mol. The third-order valence-electron chi connectivity index (χ3n) is 7.91. The molecule has 0 saturated carbocycles. The molecule has 55 heavy (non-hydrogen) atoms. The van der Waals surface area contributed by atoms with Crippen LogP contribution in [-0.4, -0.2) is 57.2 Å². The summed E-state index contributed by atoms with van der Waals surface area (Å²) in [5, 5.41) is 0. The van der Waals surface area contributed by atoms with Gasteiger partial charge in [0.15, 0.2) is 5.78 Å². The van der Waals surface area contributed by atoms with Crippen LogP contribution in [0, 0.1) is 6.92 Å². The number of hydrogen-bond acceptors (Lipinski definition) is 9. The maximum atomic E-state index is 12.2. The molecule has 0 fully saturated rings. The highest BCUT2D eigenvalue weighted by Gasteiger charge is 2.04. The maximum absolute atomic E-state index is 12.2. The zero-order chi connectivity index (χ0) is 40.3. The van der Waals surface area contributed by atoms with Crippen molar-refractivity contribution in [2.24, 2.45) is 0 Å². The van der Waals surface area contributed by atoms with E-state index in [1.54, 1.807) is 26.0 Å². The molecule has 0 aliphatic heterocycles. The SMILES string of the molecule is C=C(C)C(=O)OCCCCCCOc1ccc(/C=C/C(=O)OC)cc1.C=C(C)C(=O)OCCCCCCOc1ccc(/C=C/C(=O)c2ccc(C)cc2)cc1. The molecule has 3 aromatic carbocycles.